The molecular formula is C9H16N2O3. The molecule has 0 aromatic heterocycles. The molecule has 1 aliphatic rings. The van der Waals surface area contributed by atoms with E-state index in [1.807, 2.05) is 6.92 Å². The summed E-state index contributed by atoms with van der Waals surface area (Å²) < 4.78 is 0. The second kappa shape index (κ2) is 4.41. The van der Waals surface area contributed by atoms with E-state index in [1.165, 1.54) is 6.92 Å². The molecule has 1 amide bonds. The lowest BCUT2D eigenvalue weighted by Gasteiger charge is -2.40. The van der Waals surface area contributed by atoms with Gasteiger partial charge < -0.3 is 15.3 Å². The van der Waals surface area contributed by atoms with Crippen molar-refractivity contribution < 1.29 is 14.7 Å². The second-order valence-electron chi connectivity index (χ2n) is 3.69. The van der Waals surface area contributed by atoms with Crippen LogP contribution in [-0.4, -0.2) is 47.1 Å². The third-order valence-electron chi connectivity index (χ3n) is 2.46. The van der Waals surface area contributed by atoms with E-state index in [0.717, 1.165) is 6.54 Å². The van der Waals surface area contributed by atoms with E-state index in [1.54, 1.807) is 4.90 Å². The number of nitrogens with zero attached hydrogens (tertiary/aromatic N) is 1. The maximum atomic E-state index is 11.3. The number of hydrogen-bond donors (Lipinski definition) is 2. The van der Waals surface area contributed by atoms with Gasteiger partial charge in [-0.25, -0.2) is 0 Å². The first-order valence-corrected chi connectivity index (χ1v) is 4.73. The van der Waals surface area contributed by atoms with Crippen molar-refractivity contribution in [3.8, 4) is 0 Å². The van der Waals surface area contributed by atoms with Gasteiger partial charge in [-0.05, 0) is 6.92 Å². The molecule has 0 aromatic rings. The molecule has 0 aliphatic carbocycles. The third-order valence-corrected chi connectivity index (χ3v) is 2.46. The van der Waals surface area contributed by atoms with E-state index in [4.69, 9.17) is 5.11 Å². The Labute approximate surface area is 83.1 Å². The molecule has 2 atom stereocenters. The first-order valence-electron chi connectivity index (χ1n) is 4.73. The Hall–Kier alpha value is -1.10. The molecule has 0 saturated carbocycles. The van der Waals surface area contributed by atoms with E-state index in [0.29, 0.717) is 6.54 Å². The molecule has 5 nitrogen and oxygen atoms in total. The van der Waals surface area contributed by atoms with Crippen LogP contribution in [-0.2, 0) is 9.59 Å². The van der Waals surface area contributed by atoms with Crippen molar-refractivity contribution in [1.82, 2.24) is 10.2 Å². The molecule has 1 fully saturated rings. The zero-order valence-corrected chi connectivity index (χ0v) is 8.49. The molecule has 1 rings (SSSR count). The summed E-state index contributed by atoms with van der Waals surface area (Å²) in [4.78, 5) is 23.5. The van der Waals surface area contributed by atoms with Crippen LogP contribution in [0, 0.1) is 0 Å². The van der Waals surface area contributed by atoms with Crippen molar-refractivity contribution in [3.05, 3.63) is 0 Å². The van der Waals surface area contributed by atoms with Gasteiger partial charge in [0, 0.05) is 26.1 Å². The van der Waals surface area contributed by atoms with Gasteiger partial charge >= 0.3 is 5.97 Å². The van der Waals surface area contributed by atoms with E-state index >= 15 is 0 Å². The Morgan fingerprint density at radius 3 is 2.64 bits per heavy atom. The van der Waals surface area contributed by atoms with Crippen LogP contribution in [0.25, 0.3) is 0 Å². The SMILES string of the molecule is CC(=O)N1[C@@H](CC(=O)O)CNC[C@@H]1C. The number of piperazine rings is 1. The number of carbonyl (C=O) groups excluding carboxylic acids is 1. The Bertz CT molecular complexity index is 242. The summed E-state index contributed by atoms with van der Waals surface area (Å²) in [6.45, 7) is 4.70. The smallest absolute Gasteiger partial charge is 0.305 e. The monoisotopic (exact) mass is 200 g/mol. The fourth-order valence-corrected chi connectivity index (χ4v) is 1.95. The van der Waals surface area contributed by atoms with Crippen LogP contribution in [0.5, 0.6) is 0 Å². The zero-order valence-electron chi connectivity index (χ0n) is 8.49. The highest BCUT2D eigenvalue weighted by Gasteiger charge is 2.30. The zero-order chi connectivity index (χ0) is 10.7. The van der Waals surface area contributed by atoms with Crippen molar-refractivity contribution in [2.24, 2.45) is 0 Å². The topological polar surface area (TPSA) is 69.6 Å². The maximum absolute atomic E-state index is 11.3. The number of aliphatic carboxylic acids is 1. The lowest BCUT2D eigenvalue weighted by molar-refractivity contribution is -0.142. The number of amides is 1. The third kappa shape index (κ3) is 2.45. The van der Waals surface area contributed by atoms with Gasteiger partial charge in [0.25, 0.3) is 0 Å². The lowest BCUT2D eigenvalue weighted by Crippen LogP contribution is -2.58. The molecule has 1 heterocycles. The normalized spacial score (nSPS) is 27.4. The minimum atomic E-state index is -0.864. The van der Waals surface area contributed by atoms with Crippen molar-refractivity contribution in [2.45, 2.75) is 32.4 Å². The Morgan fingerprint density at radius 1 is 1.50 bits per heavy atom. The van der Waals surface area contributed by atoms with Gasteiger partial charge in [0.1, 0.15) is 0 Å². The van der Waals surface area contributed by atoms with Gasteiger partial charge in [0.05, 0.1) is 12.5 Å². The van der Waals surface area contributed by atoms with Crippen LogP contribution in [0.15, 0.2) is 0 Å². The number of carbonyl (C=O) groups is 2. The van der Waals surface area contributed by atoms with Gasteiger partial charge in [-0.2, -0.15) is 0 Å². The van der Waals surface area contributed by atoms with E-state index in [-0.39, 0.29) is 24.4 Å². The largest absolute Gasteiger partial charge is 0.481 e. The van der Waals surface area contributed by atoms with Gasteiger partial charge in [-0.15, -0.1) is 0 Å². The summed E-state index contributed by atoms with van der Waals surface area (Å²) in [7, 11) is 0. The average Bonchev–Trinajstić information content (AvgIpc) is 2.01. The standard InChI is InChI=1S/C9H16N2O3/c1-6-4-10-5-8(3-9(13)14)11(6)7(2)12/h6,8,10H,3-5H2,1-2H3,(H,13,14)/t6-,8-/m0/s1. The molecule has 1 aliphatic heterocycles. The van der Waals surface area contributed by atoms with Crippen LogP contribution in [0.4, 0.5) is 0 Å². The molecule has 2 N–H and O–H groups in total. The lowest BCUT2D eigenvalue weighted by atomic mass is 10.1. The van der Waals surface area contributed by atoms with Crippen LogP contribution in [0.2, 0.25) is 0 Å². The van der Waals surface area contributed by atoms with Crippen molar-refractivity contribution in [3.63, 3.8) is 0 Å². The van der Waals surface area contributed by atoms with E-state index in [9.17, 15) is 9.59 Å². The molecule has 14 heavy (non-hydrogen) atoms. The minimum absolute atomic E-state index is 0.0108. The fourth-order valence-electron chi connectivity index (χ4n) is 1.95. The number of rotatable bonds is 2. The van der Waals surface area contributed by atoms with Crippen molar-refractivity contribution in [2.75, 3.05) is 13.1 Å². The Balaban J connectivity index is 2.69. The van der Waals surface area contributed by atoms with Gasteiger partial charge in [0.2, 0.25) is 5.91 Å². The molecular weight excluding hydrogens is 184 g/mol. The maximum Gasteiger partial charge on any atom is 0.305 e. The summed E-state index contributed by atoms with van der Waals surface area (Å²) >= 11 is 0. The molecule has 5 heteroatoms. The number of carboxylic acids is 1. The van der Waals surface area contributed by atoms with Gasteiger partial charge in [0.15, 0.2) is 0 Å². The molecule has 0 unspecified atom stereocenters. The fraction of sp³-hybridized carbons (Fsp3) is 0.778. The second-order valence-corrected chi connectivity index (χ2v) is 3.69. The predicted molar refractivity (Wildman–Crippen MR) is 50.9 cm³/mol. The highest BCUT2D eigenvalue weighted by atomic mass is 16.4. The molecule has 0 spiro atoms. The summed E-state index contributed by atoms with van der Waals surface area (Å²) in [5.74, 6) is -0.914. The number of carboxylic acid groups (broad SMARTS) is 1. The molecule has 0 bridgehead atoms. The summed E-state index contributed by atoms with van der Waals surface area (Å²) in [5.41, 5.74) is 0. The number of hydrogen-bond acceptors (Lipinski definition) is 3. The summed E-state index contributed by atoms with van der Waals surface area (Å²) in [5, 5.41) is 11.8. The van der Waals surface area contributed by atoms with Crippen LogP contribution >= 0.6 is 0 Å². The minimum Gasteiger partial charge on any atom is -0.481 e. The van der Waals surface area contributed by atoms with Gasteiger partial charge in [-0.1, -0.05) is 0 Å². The highest BCUT2D eigenvalue weighted by Crippen LogP contribution is 2.13. The first kappa shape index (κ1) is 11.0. The predicted octanol–water partition coefficient (Wildman–Crippen LogP) is -0.330. The molecule has 0 radical (unpaired) electrons. The highest BCUT2D eigenvalue weighted by molar-refractivity contribution is 5.75. The number of nitrogens with one attached hydrogen (secondary N) is 1. The van der Waals surface area contributed by atoms with E-state index in [2.05, 4.69) is 5.32 Å². The quantitative estimate of drug-likeness (QED) is 0.640. The summed E-state index contributed by atoms with van der Waals surface area (Å²) in [6, 6.07) is -0.139. The molecule has 1 saturated heterocycles. The van der Waals surface area contributed by atoms with E-state index < -0.39 is 5.97 Å². The molecule has 0 aromatic carbocycles. The van der Waals surface area contributed by atoms with Crippen molar-refractivity contribution in [1.29, 1.82) is 0 Å². The van der Waals surface area contributed by atoms with Gasteiger partial charge in [-0.3, -0.25) is 9.59 Å². The summed E-state index contributed by atoms with van der Waals surface area (Å²) in [6.07, 6.45) is 0.0108. The Morgan fingerprint density at radius 2 is 2.14 bits per heavy atom. The average molecular weight is 200 g/mol. The van der Waals surface area contributed by atoms with Crippen LogP contribution in [0.1, 0.15) is 20.3 Å². The molecule has 80 valence electrons. The van der Waals surface area contributed by atoms with Crippen LogP contribution < -0.4 is 5.32 Å². The first-order chi connectivity index (χ1) is 6.52. The Kier molecular flexibility index (Phi) is 3.46. The van der Waals surface area contributed by atoms with Crippen molar-refractivity contribution >= 4 is 11.9 Å². The van der Waals surface area contributed by atoms with Crippen LogP contribution in [0.3, 0.4) is 0 Å².